The summed E-state index contributed by atoms with van der Waals surface area (Å²) in [5, 5.41) is 19.8. The van der Waals surface area contributed by atoms with Crippen LogP contribution in [0.4, 0.5) is 0 Å². The second-order valence-corrected chi connectivity index (χ2v) is 9.24. The molecule has 0 rings (SSSR count). The third-order valence-corrected chi connectivity index (χ3v) is 4.98. The Labute approximate surface area is 200 Å². The molecular formula is C24H38O10. The number of ether oxygens (including phenoxy) is 4. The van der Waals surface area contributed by atoms with Crippen LogP contribution in [0.3, 0.4) is 0 Å². The Hall–Kier alpha value is -2.72. The summed E-state index contributed by atoms with van der Waals surface area (Å²) in [4.78, 5) is 48.0. The molecule has 2 N–H and O–H groups in total. The number of aliphatic hydroxyl groups excluding tert-OH is 2. The van der Waals surface area contributed by atoms with Gasteiger partial charge in [0.1, 0.15) is 38.6 Å². The van der Waals surface area contributed by atoms with E-state index in [0.29, 0.717) is 6.42 Å². The molecule has 3 atom stereocenters. The summed E-state index contributed by atoms with van der Waals surface area (Å²) in [6.07, 6.45) is -2.03. The minimum absolute atomic E-state index is 0.0651. The quantitative estimate of drug-likeness (QED) is 0.200. The Balaban J connectivity index is 4.81. The maximum atomic E-state index is 12.7. The molecule has 0 spiro atoms. The van der Waals surface area contributed by atoms with E-state index in [-0.39, 0.29) is 30.8 Å². The molecule has 0 heterocycles. The number of carbonyl (C=O) groups excluding carboxylic acids is 4. The molecule has 3 unspecified atom stereocenters. The molecule has 0 saturated heterocycles. The van der Waals surface area contributed by atoms with Gasteiger partial charge in [0.15, 0.2) is 0 Å². The molecule has 194 valence electrons. The summed E-state index contributed by atoms with van der Waals surface area (Å²) in [5.74, 6) is -2.62. The van der Waals surface area contributed by atoms with E-state index in [9.17, 15) is 29.4 Å². The lowest BCUT2D eigenvalue weighted by atomic mass is 9.72. The molecule has 10 nitrogen and oxygen atoms in total. The third kappa shape index (κ3) is 10.9. The van der Waals surface area contributed by atoms with E-state index in [4.69, 9.17) is 18.9 Å². The summed E-state index contributed by atoms with van der Waals surface area (Å²) in [5.41, 5.74) is -1.84. The van der Waals surface area contributed by atoms with Crippen molar-refractivity contribution in [1.82, 2.24) is 0 Å². The Bertz CT molecular complexity index is 770. The van der Waals surface area contributed by atoms with Crippen molar-refractivity contribution >= 4 is 23.9 Å². The van der Waals surface area contributed by atoms with Gasteiger partial charge in [-0.25, -0.2) is 9.59 Å². The molecule has 0 aliphatic heterocycles. The topological polar surface area (TPSA) is 146 Å². The first-order chi connectivity index (χ1) is 15.6. The Kier molecular flexibility index (Phi) is 12.8. The van der Waals surface area contributed by atoms with Gasteiger partial charge in [-0.3, -0.25) is 9.59 Å². The molecule has 0 aliphatic carbocycles. The van der Waals surface area contributed by atoms with Gasteiger partial charge in [0.2, 0.25) is 0 Å². The molecule has 34 heavy (non-hydrogen) atoms. The predicted molar refractivity (Wildman–Crippen MR) is 122 cm³/mol. The van der Waals surface area contributed by atoms with Gasteiger partial charge in [0.05, 0.1) is 10.8 Å². The van der Waals surface area contributed by atoms with E-state index < -0.39 is 60.1 Å². The first-order valence-electron chi connectivity index (χ1n) is 10.9. The summed E-state index contributed by atoms with van der Waals surface area (Å²) in [6, 6.07) is 0. The minimum Gasteiger partial charge on any atom is -0.462 e. The molecule has 0 aliphatic rings. The van der Waals surface area contributed by atoms with Crippen molar-refractivity contribution in [3.8, 4) is 0 Å². The van der Waals surface area contributed by atoms with E-state index in [0.717, 1.165) is 0 Å². The van der Waals surface area contributed by atoms with E-state index in [2.05, 4.69) is 13.2 Å². The summed E-state index contributed by atoms with van der Waals surface area (Å²) < 4.78 is 20.0. The van der Waals surface area contributed by atoms with Crippen LogP contribution < -0.4 is 0 Å². The third-order valence-electron chi connectivity index (χ3n) is 4.98. The smallest absolute Gasteiger partial charge is 0.333 e. The van der Waals surface area contributed by atoms with Crippen LogP contribution in [-0.2, 0) is 38.1 Å². The fourth-order valence-corrected chi connectivity index (χ4v) is 2.79. The lowest BCUT2D eigenvalue weighted by Gasteiger charge is -2.34. The van der Waals surface area contributed by atoms with Crippen molar-refractivity contribution in [1.29, 1.82) is 0 Å². The standard InChI is InChI=1S/C24H38O10/c1-9-24(8,22(30)34-13-18(26)11-32-20(28)16(4)5)14-23(6,7)21(29)33-12-17(25)10-31-19(27)15(2)3/h17-18,25-26H,2,4,9-14H2,1,3,5-8H3. The molecule has 0 aromatic heterocycles. The van der Waals surface area contributed by atoms with Crippen molar-refractivity contribution < 1.29 is 48.3 Å². The van der Waals surface area contributed by atoms with Crippen LogP contribution in [0.25, 0.3) is 0 Å². The van der Waals surface area contributed by atoms with Crippen LogP contribution in [0, 0.1) is 10.8 Å². The van der Waals surface area contributed by atoms with Gasteiger partial charge in [0.25, 0.3) is 0 Å². The predicted octanol–water partition coefficient (Wildman–Crippen LogP) is 1.87. The number of hydrogen-bond acceptors (Lipinski definition) is 10. The molecule has 0 amide bonds. The summed E-state index contributed by atoms with van der Waals surface area (Å²) in [6.45, 7) is 14.9. The highest BCUT2D eigenvalue weighted by molar-refractivity contribution is 5.87. The van der Waals surface area contributed by atoms with E-state index in [1.54, 1.807) is 27.7 Å². The number of aliphatic hydroxyl groups is 2. The van der Waals surface area contributed by atoms with Crippen LogP contribution in [-0.4, -0.2) is 72.7 Å². The molecule has 10 heteroatoms. The largest absolute Gasteiger partial charge is 0.462 e. The first-order valence-corrected chi connectivity index (χ1v) is 10.9. The lowest BCUT2D eigenvalue weighted by Crippen LogP contribution is -2.40. The van der Waals surface area contributed by atoms with Gasteiger partial charge in [-0.15, -0.1) is 0 Å². The van der Waals surface area contributed by atoms with Crippen molar-refractivity contribution in [2.24, 2.45) is 10.8 Å². The van der Waals surface area contributed by atoms with Crippen molar-refractivity contribution in [3.63, 3.8) is 0 Å². The average Bonchev–Trinajstić information content (AvgIpc) is 2.76. The van der Waals surface area contributed by atoms with Gasteiger partial charge in [-0.05, 0) is 47.5 Å². The Morgan fingerprint density at radius 2 is 1.09 bits per heavy atom. The van der Waals surface area contributed by atoms with Crippen molar-refractivity contribution in [2.75, 3.05) is 26.4 Å². The first kappa shape index (κ1) is 31.3. The van der Waals surface area contributed by atoms with E-state index in [1.165, 1.54) is 13.8 Å². The number of carbonyl (C=O) groups is 4. The minimum atomic E-state index is -1.22. The fourth-order valence-electron chi connectivity index (χ4n) is 2.79. The summed E-state index contributed by atoms with van der Waals surface area (Å²) >= 11 is 0. The van der Waals surface area contributed by atoms with Crippen LogP contribution in [0.15, 0.2) is 24.3 Å². The number of hydrogen-bond donors (Lipinski definition) is 2. The zero-order valence-electron chi connectivity index (χ0n) is 21.0. The highest BCUT2D eigenvalue weighted by Crippen LogP contribution is 2.38. The maximum Gasteiger partial charge on any atom is 0.333 e. The molecule has 0 saturated carbocycles. The molecule has 0 aromatic rings. The maximum absolute atomic E-state index is 12.7. The van der Waals surface area contributed by atoms with E-state index >= 15 is 0 Å². The van der Waals surface area contributed by atoms with Crippen LogP contribution in [0.1, 0.15) is 54.4 Å². The normalized spacial score (nSPS) is 14.7. The molecule has 0 radical (unpaired) electrons. The van der Waals surface area contributed by atoms with Gasteiger partial charge in [-0.2, -0.15) is 0 Å². The molecular weight excluding hydrogens is 448 g/mol. The van der Waals surface area contributed by atoms with Crippen molar-refractivity contribution in [3.05, 3.63) is 24.3 Å². The highest BCUT2D eigenvalue weighted by atomic mass is 16.6. The second kappa shape index (κ2) is 13.9. The van der Waals surface area contributed by atoms with Gasteiger partial charge in [-0.1, -0.05) is 20.1 Å². The Morgan fingerprint density at radius 1 is 0.735 bits per heavy atom. The fraction of sp³-hybridized carbons (Fsp3) is 0.667. The SMILES string of the molecule is C=C(C)C(=O)OCC(O)COC(=O)C(C)(C)CC(C)(CC)C(=O)OCC(O)COC(=O)C(=C)C. The zero-order valence-corrected chi connectivity index (χ0v) is 21.0. The van der Waals surface area contributed by atoms with Gasteiger partial charge >= 0.3 is 23.9 Å². The van der Waals surface area contributed by atoms with Crippen molar-refractivity contribution in [2.45, 2.75) is 66.6 Å². The summed E-state index contributed by atoms with van der Waals surface area (Å²) in [7, 11) is 0. The monoisotopic (exact) mass is 486 g/mol. The van der Waals surface area contributed by atoms with Crippen LogP contribution in [0.2, 0.25) is 0 Å². The molecule has 0 aromatic carbocycles. The van der Waals surface area contributed by atoms with Gasteiger partial charge in [0, 0.05) is 11.1 Å². The molecule has 0 bridgehead atoms. The highest BCUT2D eigenvalue weighted by Gasteiger charge is 2.43. The number of rotatable bonds is 15. The van der Waals surface area contributed by atoms with Crippen LogP contribution >= 0.6 is 0 Å². The molecule has 0 fully saturated rings. The lowest BCUT2D eigenvalue weighted by molar-refractivity contribution is -0.167. The zero-order chi connectivity index (χ0) is 26.7. The average molecular weight is 487 g/mol. The second-order valence-electron chi connectivity index (χ2n) is 9.24. The van der Waals surface area contributed by atoms with Gasteiger partial charge < -0.3 is 29.2 Å². The van der Waals surface area contributed by atoms with E-state index in [1.807, 2.05) is 0 Å². The van der Waals surface area contributed by atoms with Crippen LogP contribution in [0.5, 0.6) is 0 Å². The Morgan fingerprint density at radius 3 is 1.44 bits per heavy atom. The number of esters is 4.